The summed E-state index contributed by atoms with van der Waals surface area (Å²) in [4.78, 5) is 46.0. The first-order valence-corrected chi connectivity index (χ1v) is 8.57. The molecule has 1 heterocycles. The monoisotopic (exact) mass is 389 g/mol. The molecule has 1 aliphatic rings. The number of carbonyl (C=O) groups excluding carboxylic acids is 4. The predicted octanol–water partition coefficient (Wildman–Crippen LogP) is 0.0675. The lowest BCUT2D eigenvalue weighted by atomic mass is 9.96. The second-order valence-corrected chi connectivity index (χ2v) is 6.40. The minimum absolute atomic E-state index is 0.254. The van der Waals surface area contributed by atoms with Crippen LogP contribution in [0.4, 0.5) is 0 Å². The predicted molar refractivity (Wildman–Crippen MR) is 90.2 cm³/mol. The zero-order chi connectivity index (χ0) is 20.7. The summed E-state index contributed by atoms with van der Waals surface area (Å²) < 4.78 is 27.1. The first-order chi connectivity index (χ1) is 12.5. The maximum absolute atomic E-state index is 11.7. The summed E-state index contributed by atoms with van der Waals surface area (Å²) >= 11 is 0. The van der Waals surface area contributed by atoms with Gasteiger partial charge in [-0.05, 0) is 13.8 Å². The van der Waals surface area contributed by atoms with Crippen molar-refractivity contribution in [1.82, 2.24) is 5.32 Å². The third-order valence-electron chi connectivity index (χ3n) is 3.48. The fourth-order valence-electron chi connectivity index (χ4n) is 2.68. The van der Waals surface area contributed by atoms with Gasteiger partial charge >= 0.3 is 17.9 Å². The Morgan fingerprint density at radius 2 is 1.48 bits per heavy atom. The largest absolute Gasteiger partial charge is 0.463 e. The lowest BCUT2D eigenvalue weighted by molar-refractivity contribution is -0.285. The van der Waals surface area contributed by atoms with E-state index in [2.05, 4.69) is 5.32 Å². The van der Waals surface area contributed by atoms with Gasteiger partial charge in [0.25, 0.3) is 0 Å². The van der Waals surface area contributed by atoms with E-state index in [1.807, 2.05) is 0 Å². The molecule has 1 rings (SSSR count). The Labute approximate surface area is 157 Å². The average Bonchev–Trinajstić information content (AvgIpc) is 2.49. The molecule has 0 saturated carbocycles. The van der Waals surface area contributed by atoms with Crippen LogP contribution < -0.4 is 5.32 Å². The Kier molecular flexibility index (Phi) is 8.64. The normalized spacial score (nSPS) is 27.6. The smallest absolute Gasteiger partial charge is 0.303 e. The van der Waals surface area contributed by atoms with Gasteiger partial charge in [0.1, 0.15) is 18.8 Å². The molecule has 10 heteroatoms. The summed E-state index contributed by atoms with van der Waals surface area (Å²) in [5.41, 5.74) is 0. The lowest BCUT2D eigenvalue weighted by Crippen LogP contribution is -2.66. The lowest BCUT2D eigenvalue weighted by Gasteiger charge is -2.45. The topological polar surface area (TPSA) is 126 Å². The second-order valence-electron chi connectivity index (χ2n) is 6.40. The van der Waals surface area contributed by atoms with Crippen molar-refractivity contribution in [1.29, 1.82) is 0 Å². The van der Waals surface area contributed by atoms with Gasteiger partial charge in [-0.15, -0.1) is 0 Å². The van der Waals surface area contributed by atoms with Crippen LogP contribution in [0.25, 0.3) is 0 Å². The van der Waals surface area contributed by atoms with Gasteiger partial charge in [-0.1, -0.05) is 0 Å². The standard InChI is InChI=1S/C17H27NO9/c1-8(2)24-17-14(18-9(3)19)16(26-12(6)22)15(25-11(5)21)13(27-17)7-23-10(4)20/h8,13-17H,7H2,1-6H3,(H,18,19)/t13-,14+,15+,16-,17+/m0/s1. The number of esters is 3. The highest BCUT2D eigenvalue weighted by Gasteiger charge is 2.51. The summed E-state index contributed by atoms with van der Waals surface area (Å²) in [5.74, 6) is -2.28. The Morgan fingerprint density at radius 3 is 1.93 bits per heavy atom. The highest BCUT2D eigenvalue weighted by Crippen LogP contribution is 2.28. The molecule has 0 unspecified atom stereocenters. The zero-order valence-corrected chi connectivity index (χ0v) is 16.3. The minimum atomic E-state index is -1.12. The number of ether oxygens (including phenoxy) is 5. The molecule has 5 atom stereocenters. The molecule has 1 N–H and O–H groups in total. The van der Waals surface area contributed by atoms with Gasteiger partial charge in [-0.2, -0.15) is 0 Å². The van der Waals surface area contributed by atoms with Crippen LogP contribution in [0, 0.1) is 0 Å². The van der Waals surface area contributed by atoms with Gasteiger partial charge in [-0.3, -0.25) is 19.2 Å². The number of rotatable bonds is 7. The molecule has 0 bridgehead atoms. The summed E-state index contributed by atoms with van der Waals surface area (Å²) in [6.07, 6.45) is -4.49. The van der Waals surface area contributed by atoms with E-state index in [9.17, 15) is 19.2 Å². The van der Waals surface area contributed by atoms with Crippen LogP contribution in [-0.4, -0.2) is 67.2 Å². The van der Waals surface area contributed by atoms with Crippen molar-refractivity contribution < 1.29 is 42.9 Å². The van der Waals surface area contributed by atoms with Gasteiger partial charge in [0.2, 0.25) is 5.91 Å². The Bertz CT molecular complexity index is 563. The SMILES string of the molecule is CC(=O)N[C@H]1[C@H](OC(C)C)O[C@@H](COC(C)=O)[C@@H](OC(C)=O)[C@H]1OC(C)=O. The fraction of sp³-hybridized carbons (Fsp3) is 0.765. The molecule has 10 nitrogen and oxygen atoms in total. The highest BCUT2D eigenvalue weighted by atomic mass is 16.7. The van der Waals surface area contributed by atoms with Crippen LogP contribution >= 0.6 is 0 Å². The molecule has 27 heavy (non-hydrogen) atoms. The number of nitrogens with one attached hydrogen (secondary N) is 1. The first kappa shape index (κ1) is 22.8. The summed E-state index contributed by atoms with van der Waals surface area (Å²) in [6, 6.07) is -0.938. The number of hydrogen-bond donors (Lipinski definition) is 1. The second kappa shape index (κ2) is 10.2. The van der Waals surface area contributed by atoms with Crippen LogP contribution in [0.15, 0.2) is 0 Å². The van der Waals surface area contributed by atoms with Gasteiger partial charge in [-0.25, -0.2) is 0 Å². The van der Waals surface area contributed by atoms with Crippen LogP contribution in [0.2, 0.25) is 0 Å². The van der Waals surface area contributed by atoms with Gasteiger partial charge in [0.05, 0.1) is 6.10 Å². The number of amides is 1. The zero-order valence-electron chi connectivity index (χ0n) is 16.3. The minimum Gasteiger partial charge on any atom is -0.463 e. The summed E-state index contributed by atoms with van der Waals surface area (Å²) in [7, 11) is 0. The molecule has 0 aromatic carbocycles. The van der Waals surface area contributed by atoms with Gasteiger partial charge < -0.3 is 29.0 Å². The fourth-order valence-corrected chi connectivity index (χ4v) is 2.68. The molecular weight excluding hydrogens is 362 g/mol. The van der Waals surface area contributed by atoms with Crippen molar-refractivity contribution in [3.8, 4) is 0 Å². The van der Waals surface area contributed by atoms with Crippen LogP contribution in [0.1, 0.15) is 41.5 Å². The van der Waals surface area contributed by atoms with E-state index < -0.39 is 54.5 Å². The first-order valence-electron chi connectivity index (χ1n) is 8.57. The Hall–Kier alpha value is -2.20. The van der Waals surface area contributed by atoms with E-state index >= 15 is 0 Å². The van der Waals surface area contributed by atoms with E-state index in [1.165, 1.54) is 27.7 Å². The molecule has 1 saturated heterocycles. The Morgan fingerprint density at radius 1 is 0.926 bits per heavy atom. The van der Waals surface area contributed by atoms with E-state index in [0.29, 0.717) is 0 Å². The molecule has 1 aliphatic heterocycles. The van der Waals surface area contributed by atoms with Crippen LogP contribution in [-0.2, 0) is 42.9 Å². The molecule has 0 aromatic heterocycles. The molecule has 0 aromatic rings. The molecule has 0 radical (unpaired) electrons. The van der Waals surface area contributed by atoms with Crippen molar-refractivity contribution in [2.45, 2.75) is 78.3 Å². The van der Waals surface area contributed by atoms with Crippen LogP contribution in [0.5, 0.6) is 0 Å². The summed E-state index contributed by atoms with van der Waals surface area (Å²) in [6.45, 7) is 8.12. The average molecular weight is 389 g/mol. The van der Waals surface area contributed by atoms with Crippen LogP contribution in [0.3, 0.4) is 0 Å². The molecule has 0 spiro atoms. The molecule has 1 amide bonds. The van der Waals surface area contributed by atoms with Gasteiger partial charge in [0.15, 0.2) is 18.5 Å². The third-order valence-corrected chi connectivity index (χ3v) is 3.48. The van der Waals surface area contributed by atoms with Crippen molar-refractivity contribution in [3.63, 3.8) is 0 Å². The molecule has 1 fully saturated rings. The maximum Gasteiger partial charge on any atom is 0.303 e. The number of carbonyl (C=O) groups is 4. The number of hydrogen-bond acceptors (Lipinski definition) is 9. The van der Waals surface area contributed by atoms with E-state index in [1.54, 1.807) is 13.8 Å². The maximum atomic E-state index is 11.7. The van der Waals surface area contributed by atoms with E-state index in [4.69, 9.17) is 23.7 Å². The molecular formula is C17H27NO9. The van der Waals surface area contributed by atoms with Crippen molar-refractivity contribution in [3.05, 3.63) is 0 Å². The highest BCUT2D eigenvalue weighted by molar-refractivity contribution is 5.73. The summed E-state index contributed by atoms with van der Waals surface area (Å²) in [5, 5.41) is 2.62. The Balaban J connectivity index is 3.27. The quantitative estimate of drug-likeness (QED) is 0.475. The molecule has 0 aliphatic carbocycles. The van der Waals surface area contributed by atoms with Gasteiger partial charge in [0, 0.05) is 27.7 Å². The van der Waals surface area contributed by atoms with E-state index in [0.717, 1.165) is 0 Å². The van der Waals surface area contributed by atoms with Crippen molar-refractivity contribution in [2.75, 3.05) is 6.61 Å². The third kappa shape index (κ3) is 7.51. The van der Waals surface area contributed by atoms with Crippen molar-refractivity contribution in [2.24, 2.45) is 0 Å². The molecule has 154 valence electrons. The van der Waals surface area contributed by atoms with E-state index in [-0.39, 0.29) is 12.7 Å². The van der Waals surface area contributed by atoms with Crippen molar-refractivity contribution >= 4 is 23.8 Å².